The van der Waals surface area contributed by atoms with Crippen LogP contribution in [0.4, 0.5) is 0 Å². The van der Waals surface area contributed by atoms with E-state index in [0.717, 1.165) is 6.42 Å². The monoisotopic (exact) mass is 146 g/mol. The minimum atomic E-state index is 0. The van der Waals surface area contributed by atoms with Gasteiger partial charge in [-0.25, -0.2) is 16.5 Å². The first kappa shape index (κ1) is 11.8. The maximum atomic E-state index is 8.04. The highest BCUT2D eigenvalue weighted by Crippen LogP contribution is 1.83. The molecule has 5 nitrogen and oxygen atoms in total. The van der Waals surface area contributed by atoms with Gasteiger partial charge >= 0.3 is 0 Å². The van der Waals surface area contributed by atoms with Crippen molar-refractivity contribution in [3.63, 3.8) is 0 Å². The fraction of sp³-hybridized carbons (Fsp3) is 0.800. The zero-order chi connectivity index (χ0) is 8.24. The zero-order valence-corrected chi connectivity index (χ0v) is 5.98. The molecular formula is C5H14N4O. The molecule has 0 amide bonds. The lowest BCUT2D eigenvalue weighted by Gasteiger charge is -1.95. The first-order valence-corrected chi connectivity index (χ1v) is 2.82. The van der Waals surface area contributed by atoms with E-state index in [1.165, 1.54) is 0 Å². The van der Waals surface area contributed by atoms with Crippen LogP contribution < -0.4 is 5.48 Å². The van der Waals surface area contributed by atoms with E-state index in [-0.39, 0.29) is 1.43 Å². The molecule has 0 atom stereocenters. The highest BCUT2D eigenvalue weighted by Gasteiger charge is 1.82. The number of hydrogen-bond donors (Lipinski definition) is 3. The van der Waals surface area contributed by atoms with E-state index in [9.17, 15) is 0 Å². The summed E-state index contributed by atoms with van der Waals surface area (Å²) in [6.45, 7) is 0.615. The molecular weight excluding hydrogens is 132 g/mol. The van der Waals surface area contributed by atoms with Crippen molar-refractivity contribution >= 4 is 0 Å². The molecule has 0 spiro atoms. The smallest absolute Gasteiger partial charge is 0.0691 e. The average molecular weight is 146 g/mol. The predicted octanol–water partition coefficient (Wildman–Crippen LogP) is 1.28. The van der Waals surface area contributed by atoms with Gasteiger partial charge in [0.15, 0.2) is 0 Å². The van der Waals surface area contributed by atoms with Gasteiger partial charge in [0.25, 0.3) is 0 Å². The summed E-state index contributed by atoms with van der Waals surface area (Å²) in [5.41, 5.74) is 12.5. The van der Waals surface area contributed by atoms with Crippen molar-refractivity contribution in [2.24, 2.45) is 0 Å². The average Bonchev–Trinajstić information content (AvgIpc) is 2.02. The van der Waals surface area contributed by atoms with E-state index in [4.69, 9.17) is 21.2 Å². The Morgan fingerprint density at radius 3 is 2.70 bits per heavy atom. The SMILES string of the molecule is CNOCCCC#N.N=N.[HH]. The van der Waals surface area contributed by atoms with Crippen LogP contribution in [0.1, 0.15) is 14.3 Å². The third-order valence-electron chi connectivity index (χ3n) is 0.679. The van der Waals surface area contributed by atoms with Crippen LogP contribution in [0.15, 0.2) is 0 Å². The molecule has 10 heavy (non-hydrogen) atoms. The molecule has 0 aliphatic heterocycles. The van der Waals surface area contributed by atoms with Gasteiger partial charge in [-0.1, -0.05) is 0 Å². The van der Waals surface area contributed by atoms with Crippen LogP contribution in [0.2, 0.25) is 0 Å². The van der Waals surface area contributed by atoms with Gasteiger partial charge in [0.2, 0.25) is 0 Å². The fourth-order valence-corrected chi connectivity index (χ4v) is 0.325. The van der Waals surface area contributed by atoms with Gasteiger partial charge in [-0.3, -0.25) is 0 Å². The summed E-state index contributed by atoms with van der Waals surface area (Å²) in [6, 6.07) is 2.02. The molecule has 0 saturated carbocycles. The van der Waals surface area contributed by atoms with Crippen molar-refractivity contribution in [1.29, 1.82) is 16.3 Å². The van der Waals surface area contributed by atoms with E-state index < -0.39 is 0 Å². The van der Waals surface area contributed by atoms with Crippen molar-refractivity contribution in [1.82, 2.24) is 5.48 Å². The van der Waals surface area contributed by atoms with Crippen molar-refractivity contribution in [2.45, 2.75) is 12.8 Å². The van der Waals surface area contributed by atoms with Gasteiger partial charge < -0.3 is 4.84 Å². The summed E-state index contributed by atoms with van der Waals surface area (Å²) < 4.78 is 0. The van der Waals surface area contributed by atoms with Gasteiger partial charge in [-0.05, 0) is 6.42 Å². The maximum absolute atomic E-state index is 8.04. The molecule has 0 saturated heterocycles. The third-order valence-corrected chi connectivity index (χ3v) is 0.679. The predicted molar refractivity (Wildman–Crippen MR) is 37.4 cm³/mol. The number of nitrogens with zero attached hydrogens (tertiary/aromatic N) is 1. The van der Waals surface area contributed by atoms with Crippen LogP contribution in [0.5, 0.6) is 0 Å². The van der Waals surface area contributed by atoms with E-state index in [1.807, 2.05) is 6.07 Å². The van der Waals surface area contributed by atoms with Crippen LogP contribution in [-0.4, -0.2) is 13.7 Å². The van der Waals surface area contributed by atoms with Crippen molar-refractivity contribution < 1.29 is 6.26 Å². The van der Waals surface area contributed by atoms with E-state index in [2.05, 4.69) is 5.48 Å². The topological polar surface area (TPSA) is 92.8 Å². The molecule has 3 N–H and O–H groups in total. The fourth-order valence-electron chi connectivity index (χ4n) is 0.325. The number of hydrogen-bond acceptors (Lipinski definition) is 5. The number of nitrogens with one attached hydrogen (secondary N) is 3. The summed E-state index contributed by atoms with van der Waals surface area (Å²) in [6.07, 6.45) is 1.37. The number of rotatable bonds is 4. The highest BCUT2D eigenvalue weighted by molar-refractivity contribution is 4.67. The number of nitriles is 1. The van der Waals surface area contributed by atoms with Gasteiger partial charge in [-0.15, -0.1) is 0 Å². The lowest BCUT2D eigenvalue weighted by atomic mass is 10.4. The maximum Gasteiger partial charge on any atom is 0.0691 e. The molecule has 0 aromatic carbocycles. The molecule has 0 unspecified atom stereocenters. The van der Waals surface area contributed by atoms with Gasteiger partial charge in [0.1, 0.15) is 0 Å². The molecule has 0 aromatic heterocycles. The van der Waals surface area contributed by atoms with E-state index >= 15 is 0 Å². The standard InChI is InChI=1S/C5H10N2O.H2N2.H2/c1-7-8-5-3-2-4-6;1-2;/h7H,2-3,5H2,1H3;1-2H;1H. The third kappa shape index (κ3) is 15.7. The second-order valence-electron chi connectivity index (χ2n) is 1.31. The second-order valence-corrected chi connectivity index (χ2v) is 1.31. The van der Waals surface area contributed by atoms with Crippen LogP contribution in [0, 0.1) is 22.4 Å². The summed E-state index contributed by atoms with van der Waals surface area (Å²) >= 11 is 0. The van der Waals surface area contributed by atoms with Crippen molar-refractivity contribution in [2.75, 3.05) is 13.7 Å². The lowest BCUT2D eigenvalue weighted by Crippen LogP contribution is -2.07. The zero-order valence-electron chi connectivity index (χ0n) is 5.98. The Labute approximate surface area is 61.7 Å². The molecule has 0 rings (SSSR count). The highest BCUT2D eigenvalue weighted by atomic mass is 16.6. The van der Waals surface area contributed by atoms with Crippen LogP contribution in [-0.2, 0) is 4.84 Å². The molecule has 0 radical (unpaired) electrons. The Morgan fingerprint density at radius 1 is 1.70 bits per heavy atom. The summed E-state index contributed by atoms with van der Waals surface area (Å²) in [5, 5.41) is 8.04. The van der Waals surface area contributed by atoms with Gasteiger partial charge in [0.05, 0.1) is 12.7 Å². The number of unbranched alkanes of at least 4 members (excludes halogenated alkanes) is 1. The molecule has 0 fully saturated rings. The molecule has 0 heterocycles. The first-order chi connectivity index (χ1) is 4.91. The minimum absolute atomic E-state index is 0. The summed E-state index contributed by atoms with van der Waals surface area (Å²) in [4.78, 5) is 4.73. The summed E-state index contributed by atoms with van der Waals surface area (Å²) in [5.74, 6) is 0. The Morgan fingerprint density at radius 2 is 2.30 bits per heavy atom. The molecule has 0 aliphatic rings. The lowest BCUT2D eigenvalue weighted by molar-refractivity contribution is 0.0569. The van der Waals surface area contributed by atoms with E-state index in [1.54, 1.807) is 7.05 Å². The Balaban J connectivity index is -0.000000196. The molecule has 5 heteroatoms. The van der Waals surface area contributed by atoms with Crippen LogP contribution >= 0.6 is 0 Å². The largest absolute Gasteiger partial charge is 0.302 e. The second kappa shape index (κ2) is 15.7. The van der Waals surface area contributed by atoms with E-state index in [0.29, 0.717) is 13.0 Å². The normalized spacial score (nSPS) is 7.20. The molecule has 0 aliphatic carbocycles. The first-order valence-electron chi connectivity index (χ1n) is 2.82. The Bertz CT molecular complexity index is 95.0. The van der Waals surface area contributed by atoms with Crippen LogP contribution in [0.25, 0.3) is 0 Å². The molecule has 0 aromatic rings. The van der Waals surface area contributed by atoms with Gasteiger partial charge in [0, 0.05) is 14.9 Å². The molecule has 60 valence electrons. The number of hydroxylamine groups is 1. The quantitative estimate of drug-likeness (QED) is 0.317. The molecule has 0 bridgehead atoms. The Kier molecular flexibility index (Phi) is 18.4. The minimum Gasteiger partial charge on any atom is -0.302 e. The Hall–Kier alpha value is -0.990. The summed E-state index contributed by atoms with van der Waals surface area (Å²) in [7, 11) is 1.70. The van der Waals surface area contributed by atoms with Gasteiger partial charge in [-0.2, -0.15) is 5.26 Å². The van der Waals surface area contributed by atoms with Crippen molar-refractivity contribution in [3.05, 3.63) is 0 Å². The van der Waals surface area contributed by atoms with Crippen molar-refractivity contribution in [3.8, 4) is 6.07 Å². The van der Waals surface area contributed by atoms with Crippen LogP contribution in [0.3, 0.4) is 0 Å².